The zero-order chi connectivity index (χ0) is 13.7. The summed E-state index contributed by atoms with van der Waals surface area (Å²) in [4.78, 5) is 11.8. The number of aromatic nitrogens is 2. The molecule has 0 unspecified atom stereocenters. The zero-order valence-electron chi connectivity index (χ0n) is 10.5. The van der Waals surface area contributed by atoms with Gasteiger partial charge >= 0.3 is 0 Å². The highest BCUT2D eigenvalue weighted by Crippen LogP contribution is 2.16. The molecule has 0 atom stereocenters. The molecule has 2 aromatic rings. The Bertz CT molecular complexity index is 571. The molecule has 6 heteroatoms. The van der Waals surface area contributed by atoms with Gasteiger partial charge in [0.2, 0.25) is 11.0 Å². The topological polar surface area (TPSA) is 54.9 Å². The van der Waals surface area contributed by atoms with Crippen LogP contribution in [0.2, 0.25) is 0 Å². The largest absolute Gasteiger partial charge is 0.300 e. The summed E-state index contributed by atoms with van der Waals surface area (Å²) in [5.74, 6) is -0.559. The van der Waals surface area contributed by atoms with Gasteiger partial charge in [-0.2, -0.15) is 0 Å². The number of rotatable bonds is 5. The van der Waals surface area contributed by atoms with Gasteiger partial charge in [0.1, 0.15) is 10.8 Å². The van der Waals surface area contributed by atoms with E-state index >= 15 is 0 Å². The molecule has 0 spiro atoms. The maximum atomic E-state index is 13.0. The minimum atomic E-state index is -0.341. The molecule has 0 aliphatic rings. The summed E-state index contributed by atoms with van der Waals surface area (Å²) in [6.45, 7) is 2.06. The summed E-state index contributed by atoms with van der Waals surface area (Å²) in [6.07, 6.45) is 1.98. The molecule has 1 N–H and O–H groups in total. The van der Waals surface area contributed by atoms with Crippen molar-refractivity contribution in [1.82, 2.24) is 10.2 Å². The van der Waals surface area contributed by atoms with Gasteiger partial charge in [-0.15, -0.1) is 10.2 Å². The minimum Gasteiger partial charge on any atom is -0.300 e. The van der Waals surface area contributed by atoms with E-state index in [1.54, 1.807) is 12.1 Å². The third-order valence-electron chi connectivity index (χ3n) is 2.43. The van der Waals surface area contributed by atoms with Crippen molar-refractivity contribution < 1.29 is 9.18 Å². The number of hydrogen-bond acceptors (Lipinski definition) is 4. The molecule has 0 bridgehead atoms. The fourth-order valence-corrected chi connectivity index (χ4v) is 2.47. The smallest absolute Gasteiger partial charge is 0.230 e. The summed E-state index contributed by atoms with van der Waals surface area (Å²) in [6, 6.07) is 6.00. The van der Waals surface area contributed by atoms with Crippen molar-refractivity contribution in [2.75, 3.05) is 5.32 Å². The maximum Gasteiger partial charge on any atom is 0.230 e. The van der Waals surface area contributed by atoms with E-state index in [1.165, 1.54) is 23.5 Å². The summed E-state index contributed by atoms with van der Waals surface area (Å²) in [5, 5.41) is 11.9. The van der Waals surface area contributed by atoms with E-state index < -0.39 is 0 Å². The molecule has 0 aliphatic carbocycles. The Hall–Kier alpha value is -1.82. The first-order chi connectivity index (χ1) is 9.17. The van der Waals surface area contributed by atoms with Crippen molar-refractivity contribution >= 4 is 22.4 Å². The van der Waals surface area contributed by atoms with E-state index in [0.717, 1.165) is 17.8 Å². The number of hydrogen-bond donors (Lipinski definition) is 1. The number of halogens is 1. The first-order valence-corrected chi connectivity index (χ1v) is 6.85. The number of carbonyl (C=O) groups is 1. The number of anilines is 1. The van der Waals surface area contributed by atoms with Crippen molar-refractivity contribution in [2.45, 2.75) is 26.2 Å². The summed E-state index contributed by atoms with van der Waals surface area (Å²) in [7, 11) is 0. The van der Waals surface area contributed by atoms with Crippen LogP contribution in [0.25, 0.3) is 0 Å². The van der Waals surface area contributed by atoms with Crippen LogP contribution in [0.15, 0.2) is 24.3 Å². The number of benzene rings is 1. The molecule has 0 aliphatic heterocycles. The lowest BCUT2D eigenvalue weighted by Gasteiger charge is -2.01. The van der Waals surface area contributed by atoms with E-state index in [0.29, 0.717) is 10.7 Å². The molecule has 1 heterocycles. The average molecular weight is 279 g/mol. The Kier molecular flexibility index (Phi) is 4.57. The molecule has 0 fully saturated rings. The highest BCUT2D eigenvalue weighted by Gasteiger charge is 2.09. The third-order valence-corrected chi connectivity index (χ3v) is 3.33. The van der Waals surface area contributed by atoms with Crippen molar-refractivity contribution in [3.05, 3.63) is 40.7 Å². The normalized spacial score (nSPS) is 10.4. The van der Waals surface area contributed by atoms with Crippen LogP contribution in [0.5, 0.6) is 0 Å². The Morgan fingerprint density at radius 2 is 2.26 bits per heavy atom. The van der Waals surface area contributed by atoms with Gasteiger partial charge in [0.15, 0.2) is 0 Å². The minimum absolute atomic E-state index is 0.125. The predicted molar refractivity (Wildman–Crippen MR) is 72.6 cm³/mol. The van der Waals surface area contributed by atoms with E-state index in [9.17, 15) is 9.18 Å². The van der Waals surface area contributed by atoms with Crippen LogP contribution in [0.4, 0.5) is 9.52 Å². The molecular weight excluding hydrogens is 265 g/mol. The van der Waals surface area contributed by atoms with Crippen molar-refractivity contribution in [2.24, 2.45) is 0 Å². The summed E-state index contributed by atoms with van der Waals surface area (Å²) >= 11 is 1.37. The van der Waals surface area contributed by atoms with E-state index in [2.05, 4.69) is 22.4 Å². The maximum absolute atomic E-state index is 13.0. The van der Waals surface area contributed by atoms with Crippen LogP contribution in [0.1, 0.15) is 23.9 Å². The molecule has 0 saturated heterocycles. The summed E-state index contributed by atoms with van der Waals surface area (Å²) < 4.78 is 13.0. The Labute approximate surface area is 114 Å². The molecule has 0 radical (unpaired) electrons. The quantitative estimate of drug-likeness (QED) is 0.915. The monoisotopic (exact) mass is 279 g/mol. The Morgan fingerprint density at radius 1 is 1.42 bits per heavy atom. The van der Waals surface area contributed by atoms with Gasteiger partial charge in [0.05, 0.1) is 6.42 Å². The van der Waals surface area contributed by atoms with Gasteiger partial charge in [-0.1, -0.05) is 30.4 Å². The fraction of sp³-hybridized carbons (Fsp3) is 0.308. The van der Waals surface area contributed by atoms with E-state index in [4.69, 9.17) is 0 Å². The third kappa shape index (κ3) is 4.10. The Morgan fingerprint density at radius 3 is 3.00 bits per heavy atom. The zero-order valence-corrected chi connectivity index (χ0v) is 11.3. The molecule has 1 amide bonds. The van der Waals surface area contributed by atoms with Crippen LogP contribution in [0, 0.1) is 5.82 Å². The van der Waals surface area contributed by atoms with Gasteiger partial charge in [-0.3, -0.25) is 4.79 Å². The van der Waals surface area contributed by atoms with Crippen molar-refractivity contribution in [3.8, 4) is 0 Å². The molecule has 19 heavy (non-hydrogen) atoms. The lowest BCUT2D eigenvalue weighted by Crippen LogP contribution is -2.14. The lowest BCUT2D eigenvalue weighted by atomic mass is 10.1. The van der Waals surface area contributed by atoms with E-state index in [1.807, 2.05) is 0 Å². The van der Waals surface area contributed by atoms with Gasteiger partial charge in [-0.05, 0) is 24.1 Å². The lowest BCUT2D eigenvalue weighted by molar-refractivity contribution is -0.115. The van der Waals surface area contributed by atoms with Gasteiger partial charge < -0.3 is 5.32 Å². The second-order valence-corrected chi connectivity index (χ2v) is 5.17. The number of aryl methyl sites for hydroxylation is 1. The van der Waals surface area contributed by atoms with Gasteiger partial charge in [0.25, 0.3) is 0 Å². The number of carbonyl (C=O) groups excluding carboxylic acids is 1. The van der Waals surface area contributed by atoms with Crippen LogP contribution < -0.4 is 5.32 Å². The molecule has 1 aromatic heterocycles. The molecule has 0 saturated carbocycles. The first kappa shape index (κ1) is 13.6. The second kappa shape index (κ2) is 6.38. The Balaban J connectivity index is 1.93. The summed E-state index contributed by atoms with van der Waals surface area (Å²) in [5.41, 5.74) is 0.635. The second-order valence-electron chi connectivity index (χ2n) is 4.11. The van der Waals surface area contributed by atoms with Crippen molar-refractivity contribution in [1.29, 1.82) is 0 Å². The highest BCUT2D eigenvalue weighted by atomic mass is 32.1. The van der Waals surface area contributed by atoms with Crippen LogP contribution in [0.3, 0.4) is 0 Å². The van der Waals surface area contributed by atoms with Gasteiger partial charge in [-0.25, -0.2) is 4.39 Å². The molecule has 100 valence electrons. The molecule has 2 rings (SSSR count). The number of nitrogens with one attached hydrogen (secondary N) is 1. The van der Waals surface area contributed by atoms with Crippen LogP contribution >= 0.6 is 11.3 Å². The van der Waals surface area contributed by atoms with E-state index in [-0.39, 0.29) is 18.1 Å². The molecule has 1 aromatic carbocycles. The first-order valence-electron chi connectivity index (χ1n) is 6.04. The standard InChI is InChI=1S/C13H14FN3OS/c1-2-4-12-16-17-13(19-12)15-11(18)8-9-5-3-6-10(14)7-9/h3,5-7H,2,4,8H2,1H3,(H,15,17,18). The number of amides is 1. The predicted octanol–water partition coefficient (Wildman–Crippen LogP) is 2.81. The molecular formula is C13H14FN3OS. The fourth-order valence-electron chi connectivity index (χ4n) is 1.61. The number of nitrogens with zero attached hydrogens (tertiary/aromatic N) is 2. The van der Waals surface area contributed by atoms with Crippen LogP contribution in [-0.4, -0.2) is 16.1 Å². The average Bonchev–Trinajstić information content (AvgIpc) is 2.77. The SMILES string of the molecule is CCCc1nnc(NC(=O)Cc2cccc(F)c2)s1. The van der Waals surface area contributed by atoms with Crippen LogP contribution in [-0.2, 0) is 17.6 Å². The van der Waals surface area contributed by atoms with Crippen molar-refractivity contribution in [3.63, 3.8) is 0 Å². The van der Waals surface area contributed by atoms with Gasteiger partial charge in [0, 0.05) is 6.42 Å². The highest BCUT2D eigenvalue weighted by molar-refractivity contribution is 7.15. The molecule has 4 nitrogen and oxygen atoms in total.